The average molecular weight is 244 g/mol. The van der Waals surface area contributed by atoms with Crippen molar-refractivity contribution in [2.75, 3.05) is 13.2 Å². The van der Waals surface area contributed by atoms with E-state index >= 15 is 0 Å². The van der Waals surface area contributed by atoms with Crippen LogP contribution in [0.3, 0.4) is 0 Å². The van der Waals surface area contributed by atoms with Crippen LogP contribution < -0.4 is 0 Å². The van der Waals surface area contributed by atoms with Crippen LogP contribution >= 0.6 is 11.9 Å². The number of rotatable bonds is 2. The molecule has 0 amide bonds. The fraction of sp³-hybridized carbons (Fsp3) is 1.00. The third-order valence-corrected chi connectivity index (χ3v) is 0.258. The summed E-state index contributed by atoms with van der Waals surface area (Å²) in [5, 5.41) is 14.8. The molecule has 0 unspecified atom stereocenters. The third-order valence-electron chi connectivity index (χ3n) is 0.258. The van der Waals surface area contributed by atoms with E-state index in [2.05, 4.69) is 21.6 Å². The summed E-state index contributed by atoms with van der Waals surface area (Å²) < 4.78 is 14.7. The van der Waals surface area contributed by atoms with E-state index in [0.717, 1.165) is 17.4 Å². The van der Waals surface area contributed by atoms with Gasteiger partial charge in [-0.2, -0.15) is 0 Å². The van der Waals surface area contributed by atoms with E-state index in [1.54, 1.807) is 13.8 Å². The van der Waals surface area contributed by atoms with Gasteiger partial charge in [-0.3, -0.25) is 15.2 Å². The van der Waals surface area contributed by atoms with Gasteiger partial charge in [-0.1, -0.05) is 0 Å². The van der Waals surface area contributed by atoms with Crippen LogP contribution in [0.25, 0.3) is 0 Å². The summed E-state index contributed by atoms with van der Waals surface area (Å²) in [6.45, 7) is 4.17. The molecule has 0 radical (unpaired) electrons. The molecule has 0 fully saturated rings. The Labute approximate surface area is 85.3 Å². The van der Waals surface area contributed by atoms with Gasteiger partial charge in [-0.15, -0.1) is 0 Å². The van der Waals surface area contributed by atoms with Crippen molar-refractivity contribution < 1.29 is 46.0 Å². The molecule has 8 heteroatoms. The molecule has 0 bridgehead atoms. The summed E-state index contributed by atoms with van der Waals surface area (Å²) >= 11 is 4.70. The topological polar surface area (TPSA) is 96.2 Å². The molecule has 0 saturated carbocycles. The van der Waals surface area contributed by atoms with E-state index in [9.17, 15) is 0 Å². The molecule has 0 spiro atoms. The maximum atomic E-state index is 8.19. The zero-order chi connectivity index (χ0) is 10.8. The minimum atomic E-state index is 0.375. The molecule has 0 aliphatic rings. The fourth-order valence-electron chi connectivity index (χ4n) is 0. The first-order chi connectivity index (χ1) is 5.83. The van der Waals surface area contributed by atoms with Crippen LogP contribution in [-0.4, -0.2) is 28.4 Å². The molecule has 0 aliphatic heterocycles. The van der Waals surface area contributed by atoms with Gasteiger partial charge in [0.15, 0.2) is 0 Å². The van der Waals surface area contributed by atoms with E-state index in [1.165, 1.54) is 0 Å². The Morgan fingerprint density at radius 2 is 1.17 bits per heavy atom. The Kier molecular flexibility index (Phi) is 120. The molecule has 0 saturated heterocycles. The van der Waals surface area contributed by atoms with Gasteiger partial charge in [0.05, 0.1) is 25.1 Å². The second kappa shape index (κ2) is 62.9. The van der Waals surface area contributed by atoms with Crippen LogP contribution in [0.5, 0.6) is 0 Å². The van der Waals surface area contributed by atoms with Crippen molar-refractivity contribution in [1.82, 2.24) is 0 Å². The van der Waals surface area contributed by atoms with Gasteiger partial charge >= 0.3 is 21.0 Å². The van der Waals surface area contributed by atoms with Crippen molar-refractivity contribution >= 4 is 11.9 Å². The van der Waals surface area contributed by atoms with Gasteiger partial charge in [0.2, 0.25) is 0 Å². The molecular formula is C4H13ClO6V. The molecule has 3 N–H and O–H groups in total. The van der Waals surface area contributed by atoms with Crippen molar-refractivity contribution in [3.05, 3.63) is 0 Å². The molecule has 0 rings (SSSR count). The Hall–Kier alpha value is 0.474. The molecule has 0 aromatic carbocycles. The molecule has 0 heterocycles. The summed E-state index contributed by atoms with van der Waals surface area (Å²) in [4.78, 5) is 7.08. The quantitative estimate of drug-likeness (QED) is 0.495. The van der Waals surface area contributed by atoms with Crippen molar-refractivity contribution in [2.45, 2.75) is 13.8 Å². The van der Waals surface area contributed by atoms with E-state index in [1.807, 2.05) is 0 Å². The molecule has 12 heavy (non-hydrogen) atoms. The zero-order valence-electron chi connectivity index (χ0n) is 6.81. The van der Waals surface area contributed by atoms with Crippen LogP contribution in [0.2, 0.25) is 0 Å². The molecule has 0 aromatic rings. The fourth-order valence-corrected chi connectivity index (χ4v) is 0. The predicted molar refractivity (Wildman–Crippen MR) is 37.3 cm³/mol. The summed E-state index contributed by atoms with van der Waals surface area (Å²) in [6, 6.07) is 0. The SMILES string of the molecule is CCOO.CCOO.OCl.[O]=[V]. The molecule has 6 nitrogen and oxygen atoms in total. The summed E-state index contributed by atoms with van der Waals surface area (Å²) in [7, 11) is 0. The van der Waals surface area contributed by atoms with Gasteiger partial charge in [-0.25, -0.2) is 9.78 Å². The van der Waals surface area contributed by atoms with Gasteiger partial charge in [0.1, 0.15) is 0 Å². The van der Waals surface area contributed by atoms with E-state index in [4.69, 9.17) is 18.8 Å². The molecular weight excluding hydrogens is 230 g/mol. The van der Waals surface area contributed by atoms with Gasteiger partial charge in [-0.05, 0) is 13.8 Å². The monoisotopic (exact) mass is 243 g/mol. The Bertz CT molecular complexity index is 34.7. The van der Waals surface area contributed by atoms with E-state index in [0.29, 0.717) is 13.2 Å². The van der Waals surface area contributed by atoms with Crippen molar-refractivity contribution in [3.63, 3.8) is 0 Å². The maximum absolute atomic E-state index is 8.19. The van der Waals surface area contributed by atoms with Gasteiger partial charge in [0, 0.05) is 0 Å². The second-order valence-corrected chi connectivity index (χ2v) is 0.836. The van der Waals surface area contributed by atoms with E-state index in [-0.39, 0.29) is 0 Å². The second-order valence-electron chi connectivity index (χ2n) is 0.836. The number of hydrogen-bond donors (Lipinski definition) is 3. The van der Waals surface area contributed by atoms with Crippen molar-refractivity contribution in [1.29, 1.82) is 0 Å². The summed E-state index contributed by atoms with van der Waals surface area (Å²) in [5.41, 5.74) is 0. The van der Waals surface area contributed by atoms with Gasteiger partial charge in [0.25, 0.3) is 0 Å². The first-order valence-corrected chi connectivity index (χ1v) is 3.62. The standard InChI is InChI=1S/2C2H6O2.ClHO.O.V/c2*1-2-4-3;1-2;;/h2*3H,2H2,1H3;2H;;. The zero-order valence-corrected chi connectivity index (χ0v) is 8.96. The first kappa shape index (κ1) is 22.9. The number of hydrogen-bond acceptors (Lipinski definition) is 6. The molecule has 0 atom stereocenters. The van der Waals surface area contributed by atoms with Crippen LogP contribution in [0, 0.1) is 0 Å². The molecule has 0 aliphatic carbocycles. The van der Waals surface area contributed by atoms with Crippen LogP contribution in [0.15, 0.2) is 0 Å². The first-order valence-electron chi connectivity index (χ1n) is 2.71. The van der Waals surface area contributed by atoms with Crippen LogP contribution in [0.4, 0.5) is 0 Å². The van der Waals surface area contributed by atoms with Crippen molar-refractivity contribution in [2.24, 2.45) is 0 Å². The molecule has 77 valence electrons. The Morgan fingerprint density at radius 3 is 1.17 bits per heavy atom. The molecule has 0 aromatic heterocycles. The van der Waals surface area contributed by atoms with Crippen molar-refractivity contribution in [3.8, 4) is 0 Å². The minimum absolute atomic E-state index is 0.375. The normalized spacial score (nSPS) is 5.75. The third kappa shape index (κ3) is 154. The Morgan fingerprint density at radius 1 is 1.08 bits per heavy atom. The van der Waals surface area contributed by atoms with E-state index < -0.39 is 0 Å². The summed E-state index contributed by atoms with van der Waals surface area (Å²) in [6.07, 6.45) is 0. The predicted octanol–water partition coefficient (Wildman–Crippen LogP) is 1.00. The average Bonchev–Trinajstić information content (AvgIpc) is 2.23. The Balaban J connectivity index is -0.0000000380. The summed E-state index contributed by atoms with van der Waals surface area (Å²) in [5.74, 6) is 0. The van der Waals surface area contributed by atoms with Gasteiger partial charge < -0.3 is 0 Å². The number of halogens is 1. The van der Waals surface area contributed by atoms with Crippen LogP contribution in [-0.2, 0) is 30.8 Å². The van der Waals surface area contributed by atoms with Crippen LogP contribution in [0.1, 0.15) is 13.8 Å².